The molecule has 0 radical (unpaired) electrons. The molecule has 0 aliphatic rings. The maximum atomic E-state index is 10.9. The largest absolute Gasteiger partial charge is 0.271 e. The van der Waals surface area contributed by atoms with E-state index in [0.717, 1.165) is 5.56 Å². The predicted molar refractivity (Wildman–Crippen MR) is 82.0 cm³/mol. The number of nitro benzene ring substituents is 1. The van der Waals surface area contributed by atoms with Crippen molar-refractivity contribution in [1.29, 1.82) is 5.26 Å². The maximum Gasteiger partial charge on any atom is 0.271 e. The molecule has 112 valence electrons. The smallest absolute Gasteiger partial charge is 0.258 e. The van der Waals surface area contributed by atoms with Crippen LogP contribution in [0.1, 0.15) is 17.0 Å². The molecule has 0 aliphatic carbocycles. The predicted octanol–water partition coefficient (Wildman–Crippen LogP) is 2.64. The monoisotopic (exact) mass is 305 g/mol. The zero-order valence-corrected chi connectivity index (χ0v) is 12.0. The Hall–Kier alpha value is -3.53. The molecule has 7 nitrogen and oxygen atoms in total. The molecule has 0 amide bonds. The van der Waals surface area contributed by atoms with Crippen LogP contribution >= 0.6 is 0 Å². The molecule has 0 aliphatic heterocycles. The summed E-state index contributed by atoms with van der Waals surface area (Å²) in [6.07, 6.45) is 0.458. The molecule has 23 heavy (non-hydrogen) atoms. The number of nitriles is 1. The van der Waals surface area contributed by atoms with Crippen LogP contribution in [0.3, 0.4) is 0 Å². The number of hydrogen-bond donors (Lipinski definition) is 0. The lowest BCUT2D eigenvalue weighted by Crippen LogP contribution is -2.04. The zero-order chi connectivity index (χ0) is 16.2. The molecular weight excluding hydrogens is 294 g/mol. The average molecular weight is 305 g/mol. The van der Waals surface area contributed by atoms with Gasteiger partial charge in [0.15, 0.2) is 5.69 Å². The van der Waals surface area contributed by atoms with Crippen LogP contribution in [-0.4, -0.2) is 19.9 Å². The van der Waals surface area contributed by atoms with Gasteiger partial charge in [0.1, 0.15) is 6.07 Å². The molecule has 1 heterocycles. The van der Waals surface area contributed by atoms with Gasteiger partial charge in [-0.3, -0.25) is 10.1 Å². The van der Waals surface area contributed by atoms with Crippen molar-refractivity contribution in [1.82, 2.24) is 15.0 Å². The highest BCUT2D eigenvalue weighted by atomic mass is 16.6. The Morgan fingerprint density at radius 1 is 1.17 bits per heavy atom. The Labute approximate surface area is 131 Å². The van der Waals surface area contributed by atoms with Gasteiger partial charge in [-0.15, -0.1) is 5.10 Å². The number of non-ortho nitro benzene ring substituents is 1. The average Bonchev–Trinajstić information content (AvgIpc) is 2.98. The van der Waals surface area contributed by atoms with Crippen molar-refractivity contribution in [2.24, 2.45) is 0 Å². The number of nitrogens with zero attached hydrogens (tertiary/aromatic N) is 5. The number of aromatic nitrogens is 3. The molecule has 0 fully saturated rings. The Balaban J connectivity index is 2.07. The van der Waals surface area contributed by atoms with Crippen LogP contribution in [-0.2, 0) is 6.42 Å². The third kappa shape index (κ3) is 2.91. The van der Waals surface area contributed by atoms with Gasteiger partial charge in [0.25, 0.3) is 5.69 Å². The SMILES string of the molecule is N#Cc1nnn(-c2cccc([N+](=O)[O-])c2)c1Cc1ccccc1. The van der Waals surface area contributed by atoms with Crippen LogP contribution in [0, 0.1) is 21.4 Å². The van der Waals surface area contributed by atoms with Crippen molar-refractivity contribution in [3.8, 4) is 11.8 Å². The van der Waals surface area contributed by atoms with E-state index in [-0.39, 0.29) is 11.4 Å². The van der Waals surface area contributed by atoms with Crippen molar-refractivity contribution in [3.63, 3.8) is 0 Å². The second kappa shape index (κ2) is 6.07. The summed E-state index contributed by atoms with van der Waals surface area (Å²) in [5, 5.41) is 28.0. The minimum absolute atomic E-state index is 0.0397. The summed E-state index contributed by atoms with van der Waals surface area (Å²) in [6, 6.07) is 17.7. The highest BCUT2D eigenvalue weighted by Crippen LogP contribution is 2.20. The molecule has 0 unspecified atom stereocenters. The van der Waals surface area contributed by atoms with E-state index in [9.17, 15) is 15.4 Å². The van der Waals surface area contributed by atoms with Gasteiger partial charge in [-0.05, 0) is 11.6 Å². The van der Waals surface area contributed by atoms with Gasteiger partial charge in [0.2, 0.25) is 0 Å². The fraction of sp³-hybridized carbons (Fsp3) is 0.0625. The maximum absolute atomic E-state index is 10.9. The summed E-state index contributed by atoms with van der Waals surface area (Å²) in [7, 11) is 0. The first-order valence-corrected chi connectivity index (χ1v) is 6.82. The van der Waals surface area contributed by atoms with Gasteiger partial charge in [-0.1, -0.05) is 41.6 Å². The van der Waals surface area contributed by atoms with E-state index in [4.69, 9.17) is 0 Å². The first-order chi connectivity index (χ1) is 11.2. The van der Waals surface area contributed by atoms with Crippen molar-refractivity contribution < 1.29 is 4.92 Å². The van der Waals surface area contributed by atoms with Crippen LogP contribution < -0.4 is 0 Å². The lowest BCUT2D eigenvalue weighted by Gasteiger charge is -2.06. The quantitative estimate of drug-likeness (QED) is 0.545. The number of benzene rings is 2. The highest BCUT2D eigenvalue weighted by molar-refractivity contribution is 5.45. The first kappa shape index (κ1) is 14.4. The third-order valence-electron chi connectivity index (χ3n) is 3.37. The van der Waals surface area contributed by atoms with Gasteiger partial charge in [0.05, 0.1) is 16.3 Å². The number of nitro groups is 1. The summed E-state index contributed by atoms with van der Waals surface area (Å²) in [5.74, 6) is 0. The topological polar surface area (TPSA) is 97.6 Å². The number of hydrogen-bond acceptors (Lipinski definition) is 5. The second-order valence-electron chi connectivity index (χ2n) is 4.85. The van der Waals surface area contributed by atoms with E-state index in [1.54, 1.807) is 12.1 Å². The molecule has 3 aromatic rings. The van der Waals surface area contributed by atoms with E-state index in [1.165, 1.54) is 16.8 Å². The summed E-state index contributed by atoms with van der Waals surface area (Å²) < 4.78 is 1.47. The fourth-order valence-corrected chi connectivity index (χ4v) is 2.28. The highest BCUT2D eigenvalue weighted by Gasteiger charge is 2.16. The molecule has 0 N–H and O–H groups in total. The van der Waals surface area contributed by atoms with Crippen LogP contribution in [0.25, 0.3) is 5.69 Å². The Bertz CT molecular complexity index is 896. The summed E-state index contributed by atoms with van der Waals surface area (Å²) in [4.78, 5) is 10.5. The van der Waals surface area contributed by atoms with Crippen molar-refractivity contribution >= 4 is 5.69 Å². The molecule has 0 bridgehead atoms. The molecule has 7 heteroatoms. The standard InChI is InChI=1S/C16H11N5O2/c17-11-15-16(9-12-5-2-1-3-6-12)20(19-18-15)13-7-4-8-14(10-13)21(22)23/h1-8,10H,9H2. The normalized spacial score (nSPS) is 10.2. The van der Waals surface area contributed by atoms with E-state index in [0.29, 0.717) is 17.8 Å². The van der Waals surface area contributed by atoms with E-state index in [2.05, 4.69) is 10.3 Å². The van der Waals surface area contributed by atoms with Crippen molar-refractivity contribution in [2.75, 3.05) is 0 Å². The van der Waals surface area contributed by atoms with Crippen LogP contribution in [0.15, 0.2) is 54.6 Å². The summed E-state index contributed by atoms with van der Waals surface area (Å²) in [6.45, 7) is 0. The summed E-state index contributed by atoms with van der Waals surface area (Å²) >= 11 is 0. The van der Waals surface area contributed by atoms with Crippen molar-refractivity contribution in [2.45, 2.75) is 6.42 Å². The van der Waals surface area contributed by atoms with Crippen molar-refractivity contribution in [3.05, 3.63) is 81.7 Å². The molecule has 0 saturated heterocycles. The van der Waals surface area contributed by atoms with E-state index in [1.807, 2.05) is 36.4 Å². The fourth-order valence-electron chi connectivity index (χ4n) is 2.28. The molecule has 3 rings (SSSR count). The lowest BCUT2D eigenvalue weighted by atomic mass is 10.1. The Morgan fingerprint density at radius 3 is 2.65 bits per heavy atom. The molecule has 2 aromatic carbocycles. The molecule has 0 saturated carbocycles. The van der Waals surface area contributed by atoms with Crippen LogP contribution in [0.5, 0.6) is 0 Å². The molecule has 0 atom stereocenters. The van der Waals surface area contributed by atoms with Crippen LogP contribution in [0.2, 0.25) is 0 Å². The minimum Gasteiger partial charge on any atom is -0.258 e. The van der Waals surface area contributed by atoms with E-state index < -0.39 is 4.92 Å². The Morgan fingerprint density at radius 2 is 1.96 bits per heavy atom. The number of rotatable bonds is 4. The minimum atomic E-state index is -0.470. The third-order valence-corrected chi connectivity index (χ3v) is 3.37. The van der Waals surface area contributed by atoms with E-state index >= 15 is 0 Å². The Kier molecular flexibility index (Phi) is 3.80. The molecule has 1 aromatic heterocycles. The second-order valence-corrected chi connectivity index (χ2v) is 4.85. The summed E-state index contributed by atoms with van der Waals surface area (Å²) in [5.41, 5.74) is 2.26. The first-order valence-electron chi connectivity index (χ1n) is 6.82. The van der Waals surface area contributed by atoms with Gasteiger partial charge in [-0.2, -0.15) is 5.26 Å². The zero-order valence-electron chi connectivity index (χ0n) is 12.0. The molecule has 0 spiro atoms. The molecular formula is C16H11N5O2. The lowest BCUT2D eigenvalue weighted by molar-refractivity contribution is -0.384. The van der Waals surface area contributed by atoms with Crippen LogP contribution in [0.4, 0.5) is 5.69 Å². The van der Waals surface area contributed by atoms with Gasteiger partial charge in [-0.25, -0.2) is 4.68 Å². The van der Waals surface area contributed by atoms with Gasteiger partial charge in [0, 0.05) is 18.6 Å². The van der Waals surface area contributed by atoms with Gasteiger partial charge < -0.3 is 0 Å². The van der Waals surface area contributed by atoms with Gasteiger partial charge >= 0.3 is 0 Å².